The van der Waals surface area contributed by atoms with E-state index in [-0.39, 0.29) is 12.0 Å². The first-order valence-corrected chi connectivity index (χ1v) is 4.04. The molecule has 0 heterocycles. The Morgan fingerprint density at radius 1 is 1.38 bits per heavy atom. The Balaban J connectivity index is 2.96. The quantitative estimate of drug-likeness (QED) is 0.659. The van der Waals surface area contributed by atoms with Crippen LogP contribution in [0, 0.1) is 18.6 Å². The lowest BCUT2D eigenvalue weighted by Crippen LogP contribution is -1.96. The molecule has 0 aliphatic heterocycles. The fourth-order valence-corrected chi connectivity index (χ4v) is 1.13. The molecule has 0 saturated heterocycles. The highest BCUT2D eigenvalue weighted by Gasteiger charge is 2.08. The van der Waals surface area contributed by atoms with Crippen LogP contribution in [0.4, 0.5) is 8.78 Å². The Hall–Kier alpha value is -1.25. The minimum atomic E-state index is -0.549. The molecule has 0 fully saturated rings. The molecule has 0 amide bonds. The zero-order valence-electron chi connectivity index (χ0n) is 7.31. The molecule has 1 aromatic carbocycles. The van der Waals surface area contributed by atoms with E-state index in [1.807, 2.05) is 0 Å². The highest BCUT2D eigenvalue weighted by molar-refractivity contribution is 5.50. The van der Waals surface area contributed by atoms with E-state index in [0.717, 1.165) is 6.29 Å². The van der Waals surface area contributed by atoms with Crippen molar-refractivity contribution in [1.82, 2.24) is 0 Å². The van der Waals surface area contributed by atoms with Crippen molar-refractivity contribution in [2.24, 2.45) is 0 Å². The minimum absolute atomic E-state index is 0.0170. The van der Waals surface area contributed by atoms with Crippen LogP contribution in [-0.2, 0) is 11.2 Å². The zero-order chi connectivity index (χ0) is 9.84. The summed E-state index contributed by atoms with van der Waals surface area (Å²) in [5.41, 5.74) is 0.411. The lowest BCUT2D eigenvalue weighted by molar-refractivity contribution is -0.107. The van der Waals surface area contributed by atoms with Gasteiger partial charge in [0.2, 0.25) is 0 Å². The summed E-state index contributed by atoms with van der Waals surface area (Å²) in [5.74, 6) is -1.09. The highest BCUT2D eigenvalue weighted by atomic mass is 19.1. The average molecular weight is 184 g/mol. The van der Waals surface area contributed by atoms with E-state index in [4.69, 9.17) is 0 Å². The van der Waals surface area contributed by atoms with Crippen LogP contribution in [0.15, 0.2) is 12.1 Å². The lowest BCUT2D eigenvalue weighted by Gasteiger charge is -2.04. The first-order chi connectivity index (χ1) is 6.16. The van der Waals surface area contributed by atoms with Crippen molar-refractivity contribution in [3.05, 3.63) is 34.9 Å². The van der Waals surface area contributed by atoms with E-state index in [1.165, 1.54) is 19.1 Å². The minimum Gasteiger partial charge on any atom is -0.303 e. The summed E-state index contributed by atoms with van der Waals surface area (Å²) < 4.78 is 26.0. The number of carbonyl (C=O) groups is 1. The predicted molar refractivity (Wildman–Crippen MR) is 45.5 cm³/mol. The van der Waals surface area contributed by atoms with Crippen molar-refractivity contribution in [1.29, 1.82) is 0 Å². The van der Waals surface area contributed by atoms with Crippen molar-refractivity contribution in [2.75, 3.05) is 0 Å². The summed E-state index contributed by atoms with van der Waals surface area (Å²) in [7, 11) is 0. The van der Waals surface area contributed by atoms with Crippen LogP contribution in [0.25, 0.3) is 0 Å². The van der Waals surface area contributed by atoms with Gasteiger partial charge in [-0.15, -0.1) is 0 Å². The maximum absolute atomic E-state index is 13.2. The third-order valence-electron chi connectivity index (χ3n) is 1.93. The molecule has 0 aromatic heterocycles. The Morgan fingerprint density at radius 3 is 2.69 bits per heavy atom. The molecule has 0 bridgehead atoms. The van der Waals surface area contributed by atoms with Gasteiger partial charge in [0.15, 0.2) is 0 Å². The molecule has 13 heavy (non-hydrogen) atoms. The van der Waals surface area contributed by atoms with E-state index < -0.39 is 11.6 Å². The third kappa shape index (κ3) is 2.11. The summed E-state index contributed by atoms with van der Waals surface area (Å²) >= 11 is 0. The van der Waals surface area contributed by atoms with Crippen molar-refractivity contribution in [2.45, 2.75) is 19.8 Å². The maximum Gasteiger partial charge on any atom is 0.132 e. The van der Waals surface area contributed by atoms with Gasteiger partial charge in [-0.05, 0) is 25.0 Å². The van der Waals surface area contributed by atoms with Gasteiger partial charge in [0.1, 0.15) is 17.9 Å². The molecule has 3 heteroatoms. The van der Waals surface area contributed by atoms with Gasteiger partial charge in [-0.2, -0.15) is 0 Å². The van der Waals surface area contributed by atoms with Crippen LogP contribution in [0.2, 0.25) is 0 Å². The van der Waals surface area contributed by atoms with Gasteiger partial charge in [0, 0.05) is 12.0 Å². The normalized spacial score (nSPS) is 10.1. The second-order valence-electron chi connectivity index (χ2n) is 2.85. The van der Waals surface area contributed by atoms with Crippen LogP contribution in [0.5, 0.6) is 0 Å². The van der Waals surface area contributed by atoms with Crippen LogP contribution in [-0.4, -0.2) is 6.29 Å². The van der Waals surface area contributed by atoms with Gasteiger partial charge in [0.05, 0.1) is 0 Å². The van der Waals surface area contributed by atoms with Crippen molar-refractivity contribution in [3.63, 3.8) is 0 Å². The third-order valence-corrected chi connectivity index (χ3v) is 1.93. The van der Waals surface area contributed by atoms with Crippen molar-refractivity contribution < 1.29 is 13.6 Å². The predicted octanol–water partition coefficient (Wildman–Crippen LogP) is 2.40. The number of carbonyl (C=O) groups excluding carboxylic acids is 1. The number of rotatable bonds is 3. The number of aryl methyl sites for hydroxylation is 1. The zero-order valence-corrected chi connectivity index (χ0v) is 7.31. The molecular weight excluding hydrogens is 174 g/mol. The second kappa shape index (κ2) is 4.12. The molecule has 1 aromatic rings. The summed E-state index contributed by atoms with van der Waals surface area (Å²) in [5, 5.41) is 0. The van der Waals surface area contributed by atoms with Crippen LogP contribution < -0.4 is 0 Å². The molecule has 0 atom stereocenters. The van der Waals surface area contributed by atoms with Crippen LogP contribution in [0.3, 0.4) is 0 Å². The Morgan fingerprint density at radius 2 is 2.08 bits per heavy atom. The molecule has 0 spiro atoms. The summed E-state index contributed by atoms with van der Waals surface area (Å²) in [6.07, 6.45) is 1.32. The molecule has 1 rings (SSSR count). The smallest absolute Gasteiger partial charge is 0.132 e. The van der Waals surface area contributed by atoms with Crippen molar-refractivity contribution in [3.8, 4) is 0 Å². The number of hydrogen-bond donors (Lipinski definition) is 0. The van der Waals surface area contributed by atoms with Gasteiger partial charge >= 0.3 is 0 Å². The number of halogens is 2. The van der Waals surface area contributed by atoms with Crippen molar-refractivity contribution >= 4 is 6.29 Å². The SMILES string of the molecule is Cc1c(F)ccc(CCC=O)c1F. The highest BCUT2D eigenvalue weighted by Crippen LogP contribution is 2.16. The Kier molecular flexibility index (Phi) is 3.12. The summed E-state index contributed by atoms with van der Waals surface area (Å²) in [4.78, 5) is 10.0. The molecule has 0 N–H and O–H groups in total. The van der Waals surface area contributed by atoms with Gasteiger partial charge in [0.25, 0.3) is 0 Å². The maximum atomic E-state index is 13.2. The molecule has 0 aliphatic rings. The number of hydrogen-bond acceptors (Lipinski definition) is 1. The molecular formula is C10H10F2O. The largest absolute Gasteiger partial charge is 0.303 e. The molecule has 0 saturated carbocycles. The fourth-order valence-electron chi connectivity index (χ4n) is 1.13. The van der Waals surface area contributed by atoms with Crippen LogP contribution >= 0.6 is 0 Å². The van der Waals surface area contributed by atoms with E-state index in [1.54, 1.807) is 0 Å². The summed E-state index contributed by atoms with van der Waals surface area (Å²) in [6, 6.07) is 2.60. The molecule has 0 radical (unpaired) electrons. The Bertz CT molecular complexity index is 321. The Labute approximate surface area is 75.4 Å². The lowest BCUT2D eigenvalue weighted by atomic mass is 10.1. The molecule has 0 aliphatic carbocycles. The second-order valence-corrected chi connectivity index (χ2v) is 2.85. The molecule has 0 unspecified atom stereocenters. The first kappa shape index (κ1) is 9.84. The molecule has 70 valence electrons. The van der Waals surface area contributed by atoms with Crippen LogP contribution in [0.1, 0.15) is 17.5 Å². The standard InChI is InChI=1S/C10H10F2O/c1-7-9(11)5-4-8(10(7)12)3-2-6-13/h4-6H,2-3H2,1H3. The number of aldehydes is 1. The van der Waals surface area contributed by atoms with Gasteiger partial charge in [-0.1, -0.05) is 6.07 Å². The first-order valence-electron chi connectivity index (χ1n) is 4.04. The van der Waals surface area contributed by atoms with Gasteiger partial charge in [-0.25, -0.2) is 8.78 Å². The van der Waals surface area contributed by atoms with E-state index in [2.05, 4.69) is 0 Å². The van der Waals surface area contributed by atoms with E-state index in [9.17, 15) is 13.6 Å². The topological polar surface area (TPSA) is 17.1 Å². The van der Waals surface area contributed by atoms with Gasteiger partial charge in [-0.3, -0.25) is 0 Å². The summed E-state index contributed by atoms with van der Waals surface area (Å²) in [6.45, 7) is 1.38. The molecule has 1 nitrogen and oxygen atoms in total. The van der Waals surface area contributed by atoms with E-state index >= 15 is 0 Å². The average Bonchev–Trinajstić information content (AvgIpc) is 2.13. The van der Waals surface area contributed by atoms with E-state index in [0.29, 0.717) is 12.0 Å². The monoisotopic (exact) mass is 184 g/mol. The van der Waals surface area contributed by atoms with Gasteiger partial charge < -0.3 is 4.79 Å². The fraction of sp³-hybridized carbons (Fsp3) is 0.300. The number of benzene rings is 1.